The number of halogens is 1. The fourth-order valence-corrected chi connectivity index (χ4v) is 3.17. The summed E-state index contributed by atoms with van der Waals surface area (Å²) in [7, 11) is 1.90. The van der Waals surface area contributed by atoms with E-state index in [-0.39, 0.29) is 11.9 Å². The van der Waals surface area contributed by atoms with Crippen LogP contribution in [0.5, 0.6) is 0 Å². The van der Waals surface area contributed by atoms with Gasteiger partial charge in [0.25, 0.3) is 0 Å². The number of hydrogen-bond donors (Lipinski definition) is 2. The summed E-state index contributed by atoms with van der Waals surface area (Å²) in [4.78, 5) is 30.6. The lowest BCUT2D eigenvalue weighted by molar-refractivity contribution is -0.132. The number of nitrogens with one attached hydrogen (secondary N) is 2. The number of fused-ring (bicyclic) bond motifs is 1. The number of pyridine rings is 1. The van der Waals surface area contributed by atoms with Gasteiger partial charge in [-0.1, -0.05) is 17.7 Å². The summed E-state index contributed by atoms with van der Waals surface area (Å²) in [6.07, 6.45) is 3.35. The molecule has 3 aromatic rings. The van der Waals surface area contributed by atoms with E-state index in [0.717, 1.165) is 11.1 Å². The van der Waals surface area contributed by atoms with Gasteiger partial charge in [0.1, 0.15) is 10.7 Å². The lowest BCUT2D eigenvalue weighted by Gasteiger charge is -2.39. The van der Waals surface area contributed by atoms with Crippen molar-refractivity contribution in [2.75, 3.05) is 23.7 Å². The third-order valence-corrected chi connectivity index (χ3v) is 4.85. The minimum atomic E-state index is 0.0807. The minimum absolute atomic E-state index is 0.0807. The predicted molar refractivity (Wildman–Crippen MR) is 103 cm³/mol. The smallest absolute Gasteiger partial charge is 0.227 e. The zero-order valence-corrected chi connectivity index (χ0v) is 15.7. The number of carbonyl (C=O) groups excluding carboxylic acids is 1. The van der Waals surface area contributed by atoms with Crippen LogP contribution in [0.15, 0.2) is 24.7 Å². The number of rotatable bonds is 5. The van der Waals surface area contributed by atoms with Crippen LogP contribution in [0.3, 0.4) is 0 Å². The van der Waals surface area contributed by atoms with Gasteiger partial charge in [-0.2, -0.15) is 9.97 Å². The first-order valence-corrected chi connectivity index (χ1v) is 8.93. The molecule has 1 amide bonds. The minimum Gasteiger partial charge on any atom is -0.362 e. The van der Waals surface area contributed by atoms with Gasteiger partial charge in [0.15, 0.2) is 11.5 Å². The molecule has 0 saturated carbocycles. The van der Waals surface area contributed by atoms with E-state index in [0.29, 0.717) is 42.2 Å². The molecular formula is C17H19ClN8O. The van der Waals surface area contributed by atoms with Crippen molar-refractivity contribution in [1.29, 1.82) is 0 Å². The van der Waals surface area contributed by atoms with E-state index in [1.165, 1.54) is 0 Å². The van der Waals surface area contributed by atoms with Crippen LogP contribution in [-0.2, 0) is 18.4 Å². The first-order chi connectivity index (χ1) is 13.0. The fourth-order valence-electron chi connectivity index (χ4n) is 2.98. The Bertz CT molecular complexity index is 998. The van der Waals surface area contributed by atoms with Crippen molar-refractivity contribution in [1.82, 2.24) is 29.4 Å². The number of imidazole rings is 1. The molecule has 0 atom stereocenters. The van der Waals surface area contributed by atoms with E-state index in [2.05, 4.69) is 30.6 Å². The van der Waals surface area contributed by atoms with E-state index in [9.17, 15) is 4.79 Å². The van der Waals surface area contributed by atoms with Crippen LogP contribution in [-0.4, -0.2) is 54.4 Å². The highest BCUT2D eigenvalue weighted by molar-refractivity contribution is 6.30. The quantitative estimate of drug-likeness (QED) is 0.643. The number of carbonyl (C=O) groups is 1. The molecule has 4 rings (SSSR count). The molecule has 0 spiro atoms. The molecule has 1 aliphatic heterocycles. The molecule has 10 heteroatoms. The van der Waals surface area contributed by atoms with Crippen molar-refractivity contribution < 1.29 is 4.79 Å². The summed E-state index contributed by atoms with van der Waals surface area (Å²) < 4.78 is 1.88. The van der Waals surface area contributed by atoms with E-state index < -0.39 is 0 Å². The maximum Gasteiger partial charge on any atom is 0.227 e. The van der Waals surface area contributed by atoms with Crippen LogP contribution in [0.1, 0.15) is 12.5 Å². The highest BCUT2D eigenvalue weighted by atomic mass is 35.5. The van der Waals surface area contributed by atoms with Crippen LogP contribution in [0.4, 0.5) is 11.8 Å². The van der Waals surface area contributed by atoms with E-state index in [1.54, 1.807) is 24.3 Å². The molecule has 3 aromatic heterocycles. The normalized spacial score (nSPS) is 14.3. The average molecular weight is 387 g/mol. The van der Waals surface area contributed by atoms with Gasteiger partial charge in [0.2, 0.25) is 11.9 Å². The molecule has 27 heavy (non-hydrogen) atoms. The van der Waals surface area contributed by atoms with E-state index in [4.69, 9.17) is 11.6 Å². The Morgan fingerprint density at radius 2 is 2.15 bits per heavy atom. The number of hydrogen-bond acceptors (Lipinski definition) is 7. The molecule has 2 N–H and O–H groups in total. The number of aromatic nitrogens is 5. The maximum absolute atomic E-state index is 11.4. The molecule has 9 nitrogen and oxygen atoms in total. The van der Waals surface area contributed by atoms with Gasteiger partial charge >= 0.3 is 0 Å². The SMILES string of the molecule is CC(=O)N1CC(Nc2nc(NCc3cccnc3Cl)nc3ncn(C)c23)C1. The summed E-state index contributed by atoms with van der Waals surface area (Å²) >= 11 is 6.10. The summed E-state index contributed by atoms with van der Waals surface area (Å²) in [5, 5.41) is 7.02. The van der Waals surface area contributed by atoms with Crippen molar-refractivity contribution in [3.8, 4) is 0 Å². The average Bonchev–Trinajstić information content (AvgIpc) is 2.98. The number of amides is 1. The summed E-state index contributed by atoms with van der Waals surface area (Å²) in [5.41, 5.74) is 2.27. The molecular weight excluding hydrogens is 368 g/mol. The zero-order valence-electron chi connectivity index (χ0n) is 15.0. The Morgan fingerprint density at radius 1 is 1.33 bits per heavy atom. The Morgan fingerprint density at radius 3 is 2.89 bits per heavy atom. The molecule has 0 aromatic carbocycles. The monoisotopic (exact) mass is 386 g/mol. The molecule has 4 heterocycles. The van der Waals surface area contributed by atoms with Crippen LogP contribution in [0, 0.1) is 0 Å². The second kappa shape index (κ2) is 6.99. The van der Waals surface area contributed by atoms with Gasteiger partial charge in [-0.05, 0) is 6.07 Å². The standard InChI is InChI=1S/C17H19ClN8O/c1-10(27)26-7-12(8-26)22-16-13-15(21-9-25(13)2)23-17(24-16)20-6-11-4-3-5-19-14(11)18/h3-5,9,12H,6-8H2,1-2H3,(H2,20,22,23,24). The number of nitrogens with zero attached hydrogens (tertiary/aromatic N) is 6. The second-order valence-electron chi connectivity index (χ2n) is 6.50. The Balaban J connectivity index is 1.55. The number of likely N-dealkylation sites (tertiary alicyclic amines) is 1. The summed E-state index contributed by atoms with van der Waals surface area (Å²) in [5.74, 6) is 1.22. The molecule has 0 radical (unpaired) electrons. The molecule has 0 unspecified atom stereocenters. The number of aryl methyl sites for hydroxylation is 1. The summed E-state index contributed by atoms with van der Waals surface area (Å²) in [6.45, 7) is 3.34. The van der Waals surface area contributed by atoms with Gasteiger partial charge in [-0.15, -0.1) is 0 Å². The lowest BCUT2D eigenvalue weighted by Crippen LogP contribution is -2.56. The first kappa shape index (κ1) is 17.5. The summed E-state index contributed by atoms with van der Waals surface area (Å²) in [6, 6.07) is 3.88. The van der Waals surface area contributed by atoms with Crippen LogP contribution < -0.4 is 10.6 Å². The van der Waals surface area contributed by atoms with Crippen molar-refractivity contribution in [3.63, 3.8) is 0 Å². The van der Waals surface area contributed by atoms with Crippen LogP contribution in [0.25, 0.3) is 11.2 Å². The Hall–Kier alpha value is -2.94. The van der Waals surface area contributed by atoms with E-state index >= 15 is 0 Å². The first-order valence-electron chi connectivity index (χ1n) is 8.55. The van der Waals surface area contributed by atoms with Gasteiger partial charge in [0.05, 0.1) is 12.4 Å². The fraction of sp³-hybridized carbons (Fsp3) is 0.353. The van der Waals surface area contributed by atoms with Gasteiger partial charge in [-0.3, -0.25) is 4.79 Å². The molecule has 140 valence electrons. The van der Waals surface area contributed by atoms with Crippen LogP contribution >= 0.6 is 11.6 Å². The second-order valence-corrected chi connectivity index (χ2v) is 6.85. The van der Waals surface area contributed by atoms with Gasteiger partial charge < -0.3 is 20.1 Å². The van der Waals surface area contributed by atoms with Gasteiger partial charge in [0, 0.05) is 45.4 Å². The Kier molecular flexibility index (Phi) is 4.53. The van der Waals surface area contributed by atoms with Crippen molar-refractivity contribution >= 4 is 40.4 Å². The molecule has 1 fully saturated rings. The van der Waals surface area contributed by atoms with Crippen molar-refractivity contribution in [3.05, 3.63) is 35.4 Å². The lowest BCUT2D eigenvalue weighted by atomic mass is 10.1. The number of anilines is 2. The third kappa shape index (κ3) is 3.50. The largest absolute Gasteiger partial charge is 0.362 e. The zero-order chi connectivity index (χ0) is 19.0. The predicted octanol–water partition coefficient (Wildman–Crippen LogP) is 1.67. The molecule has 0 aliphatic carbocycles. The Labute approximate surface area is 160 Å². The van der Waals surface area contributed by atoms with E-state index in [1.807, 2.05) is 23.7 Å². The van der Waals surface area contributed by atoms with Crippen molar-refractivity contribution in [2.45, 2.75) is 19.5 Å². The van der Waals surface area contributed by atoms with Crippen molar-refractivity contribution in [2.24, 2.45) is 7.05 Å². The highest BCUT2D eigenvalue weighted by Gasteiger charge is 2.29. The van der Waals surface area contributed by atoms with Gasteiger partial charge in [-0.25, -0.2) is 9.97 Å². The maximum atomic E-state index is 11.4. The van der Waals surface area contributed by atoms with Crippen LogP contribution in [0.2, 0.25) is 5.15 Å². The molecule has 1 aliphatic rings. The molecule has 1 saturated heterocycles. The highest BCUT2D eigenvalue weighted by Crippen LogP contribution is 2.24. The topological polar surface area (TPSA) is 101 Å². The molecule has 0 bridgehead atoms. The third-order valence-electron chi connectivity index (χ3n) is 4.51.